The van der Waals surface area contributed by atoms with Gasteiger partial charge in [0.2, 0.25) is 6.10 Å². The van der Waals surface area contributed by atoms with Gasteiger partial charge in [-0.2, -0.15) is 5.10 Å². The minimum atomic E-state index is -0.935. The first kappa shape index (κ1) is 18.7. The van der Waals surface area contributed by atoms with Gasteiger partial charge in [-0.15, -0.1) is 0 Å². The zero-order chi connectivity index (χ0) is 20.4. The number of hydrogen-bond acceptors (Lipinski definition) is 6. The molecule has 1 aromatic heterocycles. The van der Waals surface area contributed by atoms with Crippen molar-refractivity contribution >= 4 is 11.9 Å². The van der Waals surface area contributed by atoms with Crippen LogP contribution in [0.25, 0.3) is 16.9 Å². The Bertz CT molecular complexity index is 1060. The summed E-state index contributed by atoms with van der Waals surface area (Å²) in [5, 5.41) is 4.49. The number of aromatic nitrogens is 2. The lowest BCUT2D eigenvalue weighted by atomic mass is 10.1. The number of carbonyl (C=O) groups is 2. The number of esters is 2. The van der Waals surface area contributed by atoms with Gasteiger partial charge in [-0.1, -0.05) is 12.1 Å². The van der Waals surface area contributed by atoms with E-state index in [1.165, 1.54) is 30.1 Å². The maximum absolute atomic E-state index is 13.3. The molecule has 0 spiro atoms. The number of benzene rings is 2. The van der Waals surface area contributed by atoms with Gasteiger partial charge in [-0.25, -0.2) is 18.7 Å². The van der Waals surface area contributed by atoms with Crippen molar-refractivity contribution in [3.63, 3.8) is 0 Å². The van der Waals surface area contributed by atoms with Crippen LogP contribution in [0.5, 0.6) is 5.75 Å². The molecule has 4 rings (SSSR count). The van der Waals surface area contributed by atoms with E-state index in [-0.39, 0.29) is 18.0 Å². The molecule has 0 bridgehead atoms. The zero-order valence-corrected chi connectivity index (χ0v) is 15.5. The fourth-order valence-electron chi connectivity index (χ4n) is 3.01. The minimum Gasteiger partial charge on any atom is -0.497 e. The van der Waals surface area contributed by atoms with Crippen molar-refractivity contribution in [3.05, 3.63) is 66.1 Å². The van der Waals surface area contributed by atoms with E-state index in [0.29, 0.717) is 29.1 Å². The molecule has 0 saturated carbocycles. The summed E-state index contributed by atoms with van der Waals surface area (Å²) in [6.45, 7) is 0.217. The highest BCUT2D eigenvalue weighted by Gasteiger charge is 2.32. The molecule has 0 unspecified atom stereocenters. The number of halogens is 1. The SMILES string of the molecule is COc1cccc(-c2nn(-c3ccc(F)cc3)cc2C(=O)O[C@H]2CCOC2=O)c1. The first-order chi connectivity index (χ1) is 14.0. The van der Waals surface area contributed by atoms with Crippen molar-refractivity contribution in [2.24, 2.45) is 0 Å². The molecular formula is C21H17FN2O5. The molecule has 29 heavy (non-hydrogen) atoms. The van der Waals surface area contributed by atoms with Crippen molar-refractivity contribution in [3.8, 4) is 22.7 Å². The van der Waals surface area contributed by atoms with Crippen LogP contribution in [-0.4, -0.2) is 41.5 Å². The van der Waals surface area contributed by atoms with Crippen LogP contribution in [0.15, 0.2) is 54.7 Å². The van der Waals surface area contributed by atoms with E-state index in [1.807, 2.05) is 0 Å². The minimum absolute atomic E-state index is 0.169. The highest BCUT2D eigenvalue weighted by molar-refractivity contribution is 5.97. The number of hydrogen-bond donors (Lipinski definition) is 0. The molecule has 2 aromatic carbocycles. The molecule has 7 nitrogen and oxygen atoms in total. The highest BCUT2D eigenvalue weighted by atomic mass is 19.1. The van der Waals surface area contributed by atoms with Gasteiger partial charge >= 0.3 is 11.9 Å². The van der Waals surface area contributed by atoms with Crippen LogP contribution in [0.3, 0.4) is 0 Å². The molecule has 148 valence electrons. The van der Waals surface area contributed by atoms with E-state index in [1.54, 1.807) is 36.4 Å². The van der Waals surface area contributed by atoms with Crippen LogP contribution in [0, 0.1) is 5.82 Å². The van der Waals surface area contributed by atoms with E-state index in [9.17, 15) is 14.0 Å². The van der Waals surface area contributed by atoms with Gasteiger partial charge in [0.05, 0.1) is 19.4 Å². The van der Waals surface area contributed by atoms with Crippen molar-refractivity contribution < 1.29 is 28.2 Å². The van der Waals surface area contributed by atoms with Gasteiger partial charge in [-0.3, -0.25) is 0 Å². The Morgan fingerprint density at radius 1 is 1.24 bits per heavy atom. The van der Waals surface area contributed by atoms with E-state index in [4.69, 9.17) is 14.2 Å². The zero-order valence-electron chi connectivity index (χ0n) is 15.5. The number of rotatable bonds is 5. The fraction of sp³-hybridized carbons (Fsp3) is 0.190. The van der Waals surface area contributed by atoms with Crippen LogP contribution in [0.2, 0.25) is 0 Å². The number of cyclic esters (lactones) is 1. The molecule has 0 aliphatic carbocycles. The summed E-state index contributed by atoms with van der Waals surface area (Å²) in [4.78, 5) is 24.5. The number of carbonyl (C=O) groups excluding carboxylic acids is 2. The molecule has 1 saturated heterocycles. The summed E-state index contributed by atoms with van der Waals surface area (Å²) in [5.74, 6) is -1.04. The first-order valence-electron chi connectivity index (χ1n) is 8.93. The van der Waals surface area contributed by atoms with Crippen LogP contribution in [0.4, 0.5) is 4.39 Å². The van der Waals surface area contributed by atoms with Crippen LogP contribution in [-0.2, 0) is 14.3 Å². The Morgan fingerprint density at radius 3 is 2.72 bits per heavy atom. The number of nitrogens with zero attached hydrogens (tertiary/aromatic N) is 2. The van der Waals surface area contributed by atoms with Gasteiger partial charge in [0, 0.05) is 18.2 Å². The van der Waals surface area contributed by atoms with Crippen molar-refractivity contribution in [2.45, 2.75) is 12.5 Å². The van der Waals surface area contributed by atoms with Gasteiger partial charge in [0.15, 0.2) is 0 Å². The quantitative estimate of drug-likeness (QED) is 0.617. The lowest BCUT2D eigenvalue weighted by Gasteiger charge is -2.08. The maximum Gasteiger partial charge on any atom is 0.347 e. The Balaban J connectivity index is 1.75. The van der Waals surface area contributed by atoms with Crippen molar-refractivity contribution in [1.29, 1.82) is 0 Å². The second-order valence-corrected chi connectivity index (χ2v) is 6.39. The second-order valence-electron chi connectivity index (χ2n) is 6.39. The Morgan fingerprint density at radius 2 is 2.03 bits per heavy atom. The topological polar surface area (TPSA) is 79.7 Å². The molecule has 1 aliphatic rings. The highest BCUT2D eigenvalue weighted by Crippen LogP contribution is 2.28. The molecular weight excluding hydrogens is 379 g/mol. The van der Waals surface area contributed by atoms with E-state index in [2.05, 4.69) is 5.10 Å². The van der Waals surface area contributed by atoms with Crippen LogP contribution >= 0.6 is 0 Å². The summed E-state index contributed by atoms with van der Waals surface area (Å²) in [6.07, 6.45) is 0.866. The van der Waals surface area contributed by atoms with E-state index >= 15 is 0 Å². The van der Waals surface area contributed by atoms with Gasteiger partial charge in [0.25, 0.3) is 0 Å². The van der Waals surface area contributed by atoms with Crippen molar-refractivity contribution in [1.82, 2.24) is 9.78 Å². The third-order valence-corrected chi connectivity index (χ3v) is 4.51. The largest absolute Gasteiger partial charge is 0.497 e. The lowest BCUT2D eigenvalue weighted by Crippen LogP contribution is -2.22. The predicted octanol–water partition coefficient (Wildman–Crippen LogP) is 3.16. The van der Waals surface area contributed by atoms with Gasteiger partial charge in [-0.05, 0) is 36.4 Å². The van der Waals surface area contributed by atoms with Crippen molar-refractivity contribution in [2.75, 3.05) is 13.7 Å². The second kappa shape index (κ2) is 7.75. The summed E-state index contributed by atoms with van der Waals surface area (Å²) < 4.78 is 30.2. The summed E-state index contributed by atoms with van der Waals surface area (Å²) >= 11 is 0. The molecule has 0 amide bonds. The fourth-order valence-corrected chi connectivity index (χ4v) is 3.01. The molecule has 0 radical (unpaired) electrons. The molecule has 3 aromatic rings. The Kier molecular flexibility index (Phi) is 4.99. The predicted molar refractivity (Wildman–Crippen MR) is 100 cm³/mol. The average Bonchev–Trinajstić information content (AvgIpc) is 3.35. The normalized spacial score (nSPS) is 15.8. The van der Waals surface area contributed by atoms with E-state index < -0.39 is 18.0 Å². The van der Waals surface area contributed by atoms with Crippen LogP contribution in [0.1, 0.15) is 16.8 Å². The molecule has 1 fully saturated rings. The lowest BCUT2D eigenvalue weighted by molar-refractivity contribution is -0.145. The average molecular weight is 396 g/mol. The summed E-state index contributed by atoms with van der Waals surface area (Å²) in [6, 6.07) is 12.7. The number of methoxy groups -OCH3 is 1. The molecule has 1 atom stereocenters. The standard InChI is InChI=1S/C21H17FN2O5/c1-27-16-4-2-3-13(11-16)19-17(20(25)29-18-9-10-28-21(18)26)12-24(23-19)15-7-5-14(22)6-8-15/h2-8,11-12,18H,9-10H2,1H3/t18-/m0/s1. The molecule has 2 heterocycles. The smallest absolute Gasteiger partial charge is 0.347 e. The van der Waals surface area contributed by atoms with Gasteiger partial charge < -0.3 is 14.2 Å². The van der Waals surface area contributed by atoms with Gasteiger partial charge in [0.1, 0.15) is 22.8 Å². The van der Waals surface area contributed by atoms with E-state index in [0.717, 1.165) is 0 Å². The molecule has 0 N–H and O–H groups in total. The Hall–Kier alpha value is -3.68. The summed E-state index contributed by atoms with van der Waals surface area (Å²) in [5.41, 5.74) is 1.72. The number of ether oxygens (including phenoxy) is 3. The first-order valence-corrected chi connectivity index (χ1v) is 8.93. The maximum atomic E-state index is 13.3. The molecule has 8 heteroatoms. The third-order valence-electron chi connectivity index (χ3n) is 4.51. The Labute approximate surface area is 165 Å². The van der Waals surface area contributed by atoms with Crippen LogP contribution < -0.4 is 4.74 Å². The third kappa shape index (κ3) is 3.82. The molecule has 1 aliphatic heterocycles. The monoisotopic (exact) mass is 396 g/mol. The summed E-state index contributed by atoms with van der Waals surface area (Å²) in [7, 11) is 1.54.